The fourth-order valence-electron chi connectivity index (χ4n) is 3.99. The summed E-state index contributed by atoms with van der Waals surface area (Å²) in [5.74, 6) is -0.195. The molecule has 0 radical (unpaired) electrons. The molecule has 7 N–H and O–H groups in total. The van der Waals surface area contributed by atoms with Crippen molar-refractivity contribution in [2.75, 3.05) is 32.8 Å². The third kappa shape index (κ3) is 11.0. The van der Waals surface area contributed by atoms with Crippen LogP contribution in [0.25, 0.3) is 0 Å². The first-order valence-electron chi connectivity index (χ1n) is 13.4. The van der Waals surface area contributed by atoms with E-state index in [-0.39, 0.29) is 37.6 Å². The van der Waals surface area contributed by atoms with E-state index in [1.165, 1.54) is 4.90 Å². The molecule has 0 aliphatic rings. The highest BCUT2D eigenvalue weighted by atomic mass is 16.5. The summed E-state index contributed by atoms with van der Waals surface area (Å²) in [5.41, 5.74) is 19.1. The maximum Gasteiger partial charge on any atom is 0.238 e. The van der Waals surface area contributed by atoms with Gasteiger partial charge in [0.05, 0.1) is 25.1 Å². The van der Waals surface area contributed by atoms with Crippen molar-refractivity contribution in [1.82, 2.24) is 10.2 Å². The highest BCUT2D eigenvalue weighted by Crippen LogP contribution is 2.15. The van der Waals surface area contributed by atoms with Crippen LogP contribution < -0.4 is 27.3 Å². The van der Waals surface area contributed by atoms with Gasteiger partial charge in [-0.25, -0.2) is 0 Å². The molecule has 9 nitrogen and oxygen atoms in total. The predicted molar refractivity (Wildman–Crippen MR) is 150 cm³/mol. The maximum absolute atomic E-state index is 13.3. The second-order valence-electron chi connectivity index (χ2n) is 9.34. The molecule has 9 heteroatoms. The Morgan fingerprint density at radius 2 is 1.61 bits per heavy atom. The van der Waals surface area contributed by atoms with Gasteiger partial charge in [-0.05, 0) is 42.5 Å². The van der Waals surface area contributed by atoms with Crippen molar-refractivity contribution >= 4 is 17.6 Å². The summed E-state index contributed by atoms with van der Waals surface area (Å²) in [6.45, 7) is 4.01. The van der Waals surface area contributed by atoms with Crippen LogP contribution in [0.1, 0.15) is 43.7 Å². The number of unbranched alkanes of at least 4 members (excludes halogenated alkanes) is 1. The normalized spacial score (nSPS) is 12.4. The van der Waals surface area contributed by atoms with E-state index in [0.717, 1.165) is 29.7 Å². The van der Waals surface area contributed by atoms with Crippen molar-refractivity contribution in [2.24, 2.45) is 17.2 Å². The van der Waals surface area contributed by atoms with E-state index in [2.05, 4.69) is 12.2 Å². The zero-order valence-corrected chi connectivity index (χ0v) is 22.4. The molecule has 0 saturated heterocycles. The van der Waals surface area contributed by atoms with Gasteiger partial charge >= 0.3 is 0 Å². The van der Waals surface area contributed by atoms with Crippen LogP contribution >= 0.6 is 0 Å². The number of nitrogens with two attached hydrogens (primary N) is 3. The van der Waals surface area contributed by atoms with Crippen LogP contribution in [-0.4, -0.2) is 67.4 Å². The smallest absolute Gasteiger partial charge is 0.238 e. The lowest BCUT2D eigenvalue weighted by molar-refractivity contribution is -0.134. The molecule has 0 spiro atoms. The Balaban J connectivity index is 2.05. The lowest BCUT2D eigenvalue weighted by Gasteiger charge is -2.24. The molecular weight excluding hydrogens is 482 g/mol. The van der Waals surface area contributed by atoms with Crippen LogP contribution in [0.5, 0.6) is 5.75 Å². The first-order chi connectivity index (χ1) is 18.4. The number of hydrogen-bond acceptors (Lipinski definition) is 7. The molecule has 2 aromatic rings. The van der Waals surface area contributed by atoms with Gasteiger partial charge in [-0.2, -0.15) is 0 Å². The first-order valence-corrected chi connectivity index (χ1v) is 13.4. The largest absolute Gasteiger partial charge is 0.494 e. The van der Waals surface area contributed by atoms with E-state index in [4.69, 9.17) is 21.9 Å². The fourth-order valence-corrected chi connectivity index (χ4v) is 3.99. The summed E-state index contributed by atoms with van der Waals surface area (Å²) in [7, 11) is 0. The molecule has 0 bridgehead atoms. The lowest BCUT2D eigenvalue weighted by atomic mass is 9.97. The number of carbonyl (C=O) groups excluding carboxylic acids is 3. The number of nitrogens with zero attached hydrogens (tertiary/aromatic N) is 1. The van der Waals surface area contributed by atoms with Gasteiger partial charge in [-0.3, -0.25) is 14.4 Å². The Morgan fingerprint density at radius 3 is 2.21 bits per heavy atom. The van der Waals surface area contributed by atoms with Crippen molar-refractivity contribution in [3.63, 3.8) is 0 Å². The van der Waals surface area contributed by atoms with Crippen LogP contribution in [0.15, 0.2) is 54.6 Å². The zero-order valence-electron chi connectivity index (χ0n) is 22.4. The van der Waals surface area contributed by atoms with Crippen molar-refractivity contribution in [3.05, 3.63) is 65.7 Å². The van der Waals surface area contributed by atoms with Gasteiger partial charge in [-0.15, -0.1) is 0 Å². The Hall–Kier alpha value is -3.27. The molecule has 0 fully saturated rings. The molecule has 208 valence electrons. The lowest BCUT2D eigenvalue weighted by Crippen LogP contribution is -2.51. The zero-order chi connectivity index (χ0) is 27.8. The number of hydrogen-bond donors (Lipinski definition) is 4. The molecule has 2 atom stereocenters. The fraction of sp³-hybridized carbons (Fsp3) is 0.483. The summed E-state index contributed by atoms with van der Waals surface area (Å²) in [4.78, 5) is 40.3. The molecule has 2 rings (SSSR count). The number of Topliss-reactive ketones (excluding diaryl/α,β-unsaturated/α-hetero) is 1. The van der Waals surface area contributed by atoms with Gasteiger partial charge in [0.25, 0.3) is 0 Å². The van der Waals surface area contributed by atoms with Gasteiger partial charge < -0.3 is 32.2 Å². The van der Waals surface area contributed by atoms with Gasteiger partial charge in [-0.1, -0.05) is 55.8 Å². The third-order valence-electron chi connectivity index (χ3n) is 6.22. The summed E-state index contributed by atoms with van der Waals surface area (Å²) in [6.07, 6.45) is 3.03. The second-order valence-corrected chi connectivity index (χ2v) is 9.34. The first kappa shape index (κ1) is 31.0. The summed E-state index contributed by atoms with van der Waals surface area (Å²) < 4.78 is 5.70. The summed E-state index contributed by atoms with van der Waals surface area (Å²) in [5, 5.41) is 2.80. The van der Waals surface area contributed by atoms with Crippen LogP contribution in [-0.2, 0) is 27.2 Å². The Morgan fingerprint density at radius 1 is 0.947 bits per heavy atom. The van der Waals surface area contributed by atoms with E-state index in [1.807, 2.05) is 54.6 Å². The minimum absolute atomic E-state index is 0.125. The molecule has 2 aromatic carbocycles. The Labute approximate surface area is 226 Å². The highest BCUT2D eigenvalue weighted by Gasteiger charge is 2.26. The quantitative estimate of drug-likeness (QED) is 0.215. The van der Waals surface area contributed by atoms with Crippen LogP contribution in [0, 0.1) is 0 Å². The average molecular weight is 526 g/mol. The number of amides is 2. The molecule has 0 unspecified atom stereocenters. The number of carbonyl (C=O) groups is 3. The van der Waals surface area contributed by atoms with E-state index in [0.29, 0.717) is 32.5 Å². The van der Waals surface area contributed by atoms with Gasteiger partial charge in [0.1, 0.15) is 5.75 Å². The monoisotopic (exact) mass is 525 g/mol. The molecule has 0 aliphatic heterocycles. The highest BCUT2D eigenvalue weighted by molar-refractivity contribution is 5.93. The van der Waals surface area contributed by atoms with Gasteiger partial charge in [0.15, 0.2) is 5.78 Å². The van der Waals surface area contributed by atoms with E-state index in [1.54, 1.807) is 0 Å². The van der Waals surface area contributed by atoms with Crippen molar-refractivity contribution in [3.8, 4) is 5.75 Å². The second kappa shape index (κ2) is 17.3. The molecular formula is C29H43N5O4. The third-order valence-corrected chi connectivity index (χ3v) is 6.22. The molecule has 0 heterocycles. The van der Waals surface area contributed by atoms with Gasteiger partial charge in [0.2, 0.25) is 11.8 Å². The van der Waals surface area contributed by atoms with Crippen molar-refractivity contribution in [1.29, 1.82) is 0 Å². The Kier molecular flexibility index (Phi) is 14.1. The molecule has 0 aliphatic carbocycles. The number of ether oxygens (including phenoxy) is 1. The topological polar surface area (TPSA) is 154 Å². The van der Waals surface area contributed by atoms with E-state index in [9.17, 15) is 14.4 Å². The SMILES string of the molecule is CCCCOc1ccc(CC(=O)[C@H](CCc2ccccc2)NC(=O)[C@@H](N)CC(=O)N(CCN)CCN)cc1. The van der Waals surface area contributed by atoms with E-state index < -0.39 is 18.0 Å². The van der Waals surface area contributed by atoms with Crippen LogP contribution in [0.4, 0.5) is 0 Å². The number of aryl methyl sites for hydroxylation is 1. The number of ketones is 1. The Bertz CT molecular complexity index is 978. The minimum Gasteiger partial charge on any atom is -0.494 e. The van der Waals surface area contributed by atoms with Crippen molar-refractivity contribution in [2.45, 2.75) is 57.5 Å². The summed E-state index contributed by atoms with van der Waals surface area (Å²) >= 11 is 0. The standard InChI is InChI=1S/C29H43N5O4/c1-2-3-19-38-24-12-9-23(10-13-24)20-27(35)26(14-11-22-7-5-4-6-8-22)33-29(37)25(32)21-28(36)34(17-15-30)18-16-31/h4-10,12-13,25-26H,2-3,11,14-21,30-32H2,1H3,(H,33,37)/t25-,26-/m0/s1. The van der Waals surface area contributed by atoms with Crippen molar-refractivity contribution < 1.29 is 19.1 Å². The molecule has 2 amide bonds. The molecule has 0 aromatic heterocycles. The van der Waals surface area contributed by atoms with E-state index >= 15 is 0 Å². The number of nitrogens with one attached hydrogen (secondary N) is 1. The number of benzene rings is 2. The van der Waals surface area contributed by atoms with Gasteiger partial charge in [0, 0.05) is 32.6 Å². The number of rotatable bonds is 18. The van der Waals surface area contributed by atoms with Crippen LogP contribution in [0.3, 0.4) is 0 Å². The maximum atomic E-state index is 13.3. The predicted octanol–water partition coefficient (Wildman–Crippen LogP) is 1.56. The minimum atomic E-state index is -1.09. The average Bonchev–Trinajstić information content (AvgIpc) is 2.92. The van der Waals surface area contributed by atoms with Crippen LogP contribution in [0.2, 0.25) is 0 Å². The molecule has 0 saturated carbocycles. The summed E-state index contributed by atoms with van der Waals surface area (Å²) in [6, 6.07) is 15.4. The molecule has 38 heavy (non-hydrogen) atoms.